The quantitative estimate of drug-likeness (QED) is 0.892. The van der Waals surface area contributed by atoms with Crippen LogP contribution in [0.15, 0.2) is 18.2 Å². The van der Waals surface area contributed by atoms with Gasteiger partial charge in [0.1, 0.15) is 5.75 Å². The Bertz CT molecular complexity index is 482. The van der Waals surface area contributed by atoms with Gasteiger partial charge in [0.15, 0.2) is 17.7 Å². The second-order valence-electron chi connectivity index (χ2n) is 4.87. The van der Waals surface area contributed by atoms with Crippen molar-refractivity contribution in [1.29, 1.82) is 0 Å². The minimum absolute atomic E-state index is 0. The summed E-state index contributed by atoms with van der Waals surface area (Å²) in [5.74, 6) is -2.05. The highest BCUT2D eigenvalue weighted by atomic mass is 35.5. The first-order valence-electron chi connectivity index (χ1n) is 6.69. The molecule has 1 heterocycles. The van der Waals surface area contributed by atoms with Crippen molar-refractivity contribution >= 4 is 18.3 Å². The molecule has 21 heavy (non-hydrogen) atoms. The standard InChI is InChI=1S/C14H18F2N2O2.ClH/c1-9(14(19)18-10-4-6-17-7-5-10)20-11-2-3-12(15)13(16)8-11;/h2-3,8-10,17H,4-7H2,1H3,(H,18,19);1H. The Morgan fingerprint density at radius 2 is 2.00 bits per heavy atom. The van der Waals surface area contributed by atoms with Crippen LogP contribution in [0, 0.1) is 11.6 Å². The van der Waals surface area contributed by atoms with Gasteiger partial charge >= 0.3 is 0 Å². The maximum atomic E-state index is 13.0. The molecular formula is C14H19ClF2N2O2. The summed E-state index contributed by atoms with van der Waals surface area (Å²) in [6, 6.07) is 3.35. The summed E-state index contributed by atoms with van der Waals surface area (Å²) in [5.41, 5.74) is 0. The lowest BCUT2D eigenvalue weighted by atomic mass is 10.1. The molecule has 7 heteroatoms. The average Bonchev–Trinajstić information content (AvgIpc) is 2.44. The molecule has 0 bridgehead atoms. The van der Waals surface area contributed by atoms with Crippen LogP contribution < -0.4 is 15.4 Å². The third kappa shape index (κ3) is 5.13. The van der Waals surface area contributed by atoms with Crippen molar-refractivity contribution in [3.8, 4) is 5.75 Å². The molecule has 1 saturated heterocycles. The third-order valence-electron chi connectivity index (χ3n) is 3.26. The first-order chi connectivity index (χ1) is 9.56. The molecule has 0 radical (unpaired) electrons. The average molecular weight is 321 g/mol. The second kappa shape index (κ2) is 8.14. The molecule has 0 aromatic heterocycles. The van der Waals surface area contributed by atoms with Gasteiger partial charge in [0.2, 0.25) is 0 Å². The van der Waals surface area contributed by atoms with E-state index in [2.05, 4.69) is 10.6 Å². The molecule has 0 spiro atoms. The zero-order valence-electron chi connectivity index (χ0n) is 11.7. The van der Waals surface area contributed by atoms with Gasteiger partial charge in [0, 0.05) is 12.1 Å². The molecule has 1 aromatic carbocycles. The molecule has 2 rings (SSSR count). The van der Waals surface area contributed by atoms with E-state index >= 15 is 0 Å². The third-order valence-corrected chi connectivity index (χ3v) is 3.26. The SMILES string of the molecule is CC(Oc1ccc(F)c(F)c1)C(=O)NC1CCNCC1.Cl. The van der Waals surface area contributed by atoms with E-state index in [1.807, 2.05) is 0 Å². The predicted molar refractivity (Wildman–Crippen MR) is 77.7 cm³/mol. The summed E-state index contributed by atoms with van der Waals surface area (Å²) < 4.78 is 31.1. The number of carbonyl (C=O) groups is 1. The van der Waals surface area contributed by atoms with E-state index in [0.717, 1.165) is 38.1 Å². The molecule has 1 unspecified atom stereocenters. The van der Waals surface area contributed by atoms with Crippen molar-refractivity contribution in [3.05, 3.63) is 29.8 Å². The van der Waals surface area contributed by atoms with Crippen molar-refractivity contribution in [2.45, 2.75) is 31.9 Å². The van der Waals surface area contributed by atoms with Crippen molar-refractivity contribution in [1.82, 2.24) is 10.6 Å². The lowest BCUT2D eigenvalue weighted by Crippen LogP contribution is -2.46. The zero-order chi connectivity index (χ0) is 14.5. The molecular weight excluding hydrogens is 302 g/mol. The van der Waals surface area contributed by atoms with E-state index in [1.165, 1.54) is 6.07 Å². The van der Waals surface area contributed by atoms with E-state index in [4.69, 9.17) is 4.74 Å². The van der Waals surface area contributed by atoms with Crippen molar-refractivity contribution in [2.24, 2.45) is 0 Å². The predicted octanol–water partition coefficient (Wildman–Crippen LogP) is 2.02. The smallest absolute Gasteiger partial charge is 0.260 e. The molecule has 1 aliphatic heterocycles. The van der Waals surface area contributed by atoms with Crippen LogP contribution in [-0.4, -0.2) is 31.1 Å². The van der Waals surface area contributed by atoms with Gasteiger partial charge in [-0.2, -0.15) is 0 Å². The Morgan fingerprint density at radius 1 is 1.33 bits per heavy atom. The first kappa shape index (κ1) is 17.7. The first-order valence-corrected chi connectivity index (χ1v) is 6.69. The Hall–Kier alpha value is -1.40. The van der Waals surface area contributed by atoms with Crippen LogP contribution in [0.25, 0.3) is 0 Å². The van der Waals surface area contributed by atoms with Crippen LogP contribution in [0.3, 0.4) is 0 Å². The van der Waals surface area contributed by atoms with Gasteiger partial charge in [-0.1, -0.05) is 0 Å². The lowest BCUT2D eigenvalue weighted by Gasteiger charge is -2.25. The van der Waals surface area contributed by atoms with E-state index in [9.17, 15) is 13.6 Å². The molecule has 118 valence electrons. The Balaban J connectivity index is 0.00000220. The highest BCUT2D eigenvalue weighted by Gasteiger charge is 2.20. The van der Waals surface area contributed by atoms with Gasteiger partial charge < -0.3 is 15.4 Å². The van der Waals surface area contributed by atoms with E-state index < -0.39 is 17.7 Å². The molecule has 1 atom stereocenters. The van der Waals surface area contributed by atoms with Gasteiger partial charge in [-0.15, -0.1) is 12.4 Å². The van der Waals surface area contributed by atoms with E-state index in [1.54, 1.807) is 6.92 Å². The largest absolute Gasteiger partial charge is 0.481 e. The molecule has 2 N–H and O–H groups in total. The van der Waals surface area contributed by atoms with E-state index in [-0.39, 0.29) is 30.1 Å². The maximum absolute atomic E-state index is 13.0. The van der Waals surface area contributed by atoms with Crippen LogP contribution >= 0.6 is 12.4 Å². The molecule has 1 aliphatic rings. The number of benzene rings is 1. The normalized spacial score (nSPS) is 16.7. The monoisotopic (exact) mass is 320 g/mol. The van der Waals surface area contributed by atoms with Crippen LogP contribution in [-0.2, 0) is 4.79 Å². The Morgan fingerprint density at radius 3 is 2.62 bits per heavy atom. The number of hydrogen-bond donors (Lipinski definition) is 2. The number of piperidine rings is 1. The van der Waals surface area contributed by atoms with Gasteiger partial charge in [-0.3, -0.25) is 4.79 Å². The zero-order valence-corrected chi connectivity index (χ0v) is 12.5. The fourth-order valence-electron chi connectivity index (χ4n) is 2.09. The maximum Gasteiger partial charge on any atom is 0.260 e. The molecule has 0 aliphatic carbocycles. The van der Waals surface area contributed by atoms with Gasteiger partial charge in [-0.25, -0.2) is 8.78 Å². The summed E-state index contributed by atoms with van der Waals surface area (Å²) in [6.45, 7) is 3.34. The fraction of sp³-hybridized carbons (Fsp3) is 0.500. The number of hydrogen-bond acceptors (Lipinski definition) is 3. The van der Waals surface area contributed by atoms with Crippen molar-refractivity contribution in [2.75, 3.05) is 13.1 Å². The number of nitrogens with one attached hydrogen (secondary N) is 2. The van der Waals surface area contributed by atoms with Crippen LogP contribution in [0.4, 0.5) is 8.78 Å². The molecule has 1 fully saturated rings. The summed E-state index contributed by atoms with van der Waals surface area (Å²) in [5, 5.41) is 6.10. The number of carbonyl (C=O) groups excluding carboxylic acids is 1. The minimum atomic E-state index is -0.992. The van der Waals surface area contributed by atoms with Gasteiger partial charge in [0.25, 0.3) is 5.91 Å². The Labute approximate surface area is 128 Å². The summed E-state index contributed by atoms with van der Waals surface area (Å²) in [7, 11) is 0. The topological polar surface area (TPSA) is 50.4 Å². The summed E-state index contributed by atoms with van der Waals surface area (Å²) in [6.07, 6.45) is 1.00. The fourth-order valence-corrected chi connectivity index (χ4v) is 2.09. The molecule has 0 saturated carbocycles. The Kier molecular flexibility index (Phi) is 6.84. The molecule has 1 aromatic rings. The summed E-state index contributed by atoms with van der Waals surface area (Å²) >= 11 is 0. The van der Waals surface area contributed by atoms with Crippen LogP contribution in [0.2, 0.25) is 0 Å². The minimum Gasteiger partial charge on any atom is -0.481 e. The number of rotatable bonds is 4. The summed E-state index contributed by atoms with van der Waals surface area (Å²) in [4.78, 5) is 11.9. The number of ether oxygens (including phenoxy) is 1. The molecule has 4 nitrogen and oxygen atoms in total. The number of halogens is 3. The van der Waals surface area contributed by atoms with Crippen molar-refractivity contribution in [3.63, 3.8) is 0 Å². The highest BCUT2D eigenvalue weighted by molar-refractivity contribution is 5.85. The lowest BCUT2D eigenvalue weighted by molar-refractivity contribution is -0.128. The van der Waals surface area contributed by atoms with Gasteiger partial charge in [0.05, 0.1) is 0 Å². The van der Waals surface area contributed by atoms with Gasteiger partial charge in [-0.05, 0) is 45.0 Å². The second-order valence-corrected chi connectivity index (χ2v) is 4.87. The van der Waals surface area contributed by atoms with E-state index in [0.29, 0.717) is 0 Å². The molecule has 1 amide bonds. The highest BCUT2D eigenvalue weighted by Crippen LogP contribution is 2.17. The van der Waals surface area contributed by atoms with Crippen molar-refractivity contribution < 1.29 is 18.3 Å². The number of amides is 1. The van der Waals surface area contributed by atoms with Crippen LogP contribution in [0.5, 0.6) is 5.75 Å². The van der Waals surface area contributed by atoms with Crippen LogP contribution in [0.1, 0.15) is 19.8 Å².